The van der Waals surface area contributed by atoms with E-state index in [1.165, 1.54) is 6.07 Å². The van der Waals surface area contributed by atoms with Crippen molar-refractivity contribution >= 4 is 23.2 Å². The van der Waals surface area contributed by atoms with Gasteiger partial charge in [-0.05, 0) is 30.3 Å². The Hall–Kier alpha value is -4.35. The van der Waals surface area contributed by atoms with Gasteiger partial charge in [-0.25, -0.2) is 13.8 Å². The molecule has 3 aromatic rings. The molecule has 5 rings (SSSR count). The monoisotopic (exact) mass is 455 g/mol. The summed E-state index contributed by atoms with van der Waals surface area (Å²) in [6.07, 6.45) is 0.335. The van der Waals surface area contributed by atoms with E-state index < -0.39 is 24.1 Å². The van der Waals surface area contributed by atoms with E-state index in [-0.39, 0.29) is 37.1 Å². The summed E-state index contributed by atoms with van der Waals surface area (Å²) in [7, 11) is 0. The van der Waals surface area contributed by atoms with Crippen LogP contribution in [0.25, 0.3) is 11.4 Å². The molecule has 3 heterocycles. The lowest BCUT2D eigenvalue weighted by Gasteiger charge is -2.21. The normalized spacial score (nSPS) is 14.9. The van der Waals surface area contributed by atoms with E-state index in [4.69, 9.17) is 14.0 Å². The van der Waals surface area contributed by atoms with Gasteiger partial charge in [-0.3, -0.25) is 9.59 Å². The highest BCUT2D eigenvalue weighted by Crippen LogP contribution is 2.35. The second-order valence-electron chi connectivity index (χ2n) is 7.17. The number of hydrogen-bond acceptors (Lipinski definition) is 8. The van der Waals surface area contributed by atoms with Gasteiger partial charge in [-0.1, -0.05) is 5.16 Å². The zero-order chi connectivity index (χ0) is 22.9. The number of rotatable bonds is 5. The van der Waals surface area contributed by atoms with Crippen LogP contribution < -0.4 is 14.8 Å². The van der Waals surface area contributed by atoms with E-state index in [0.29, 0.717) is 28.6 Å². The van der Waals surface area contributed by atoms with Gasteiger partial charge >= 0.3 is 0 Å². The maximum Gasteiger partial charge on any atom is 0.274 e. The van der Waals surface area contributed by atoms with Crippen LogP contribution in [0, 0.1) is 11.6 Å². The summed E-state index contributed by atoms with van der Waals surface area (Å²) in [5.74, 6) is -1.55. The maximum absolute atomic E-state index is 13.3. The van der Waals surface area contributed by atoms with Crippen LogP contribution in [0.1, 0.15) is 18.7 Å². The van der Waals surface area contributed by atoms with Gasteiger partial charge in [0.2, 0.25) is 24.4 Å². The zero-order valence-corrected chi connectivity index (χ0v) is 16.9. The molecule has 0 spiro atoms. The Bertz CT molecular complexity index is 1290. The predicted molar refractivity (Wildman–Crippen MR) is 108 cm³/mol. The SMILES string of the molecule is O=C(CN1N=C(c2nc(-c3ccc4c(c3)OCO4)no2)CCC1=O)Nc1ccc(F)c(F)c1. The van der Waals surface area contributed by atoms with Crippen molar-refractivity contribution in [3.63, 3.8) is 0 Å². The highest BCUT2D eigenvalue weighted by Gasteiger charge is 2.27. The number of hydrogen-bond donors (Lipinski definition) is 1. The molecule has 2 aliphatic rings. The maximum atomic E-state index is 13.3. The van der Waals surface area contributed by atoms with E-state index in [1.807, 2.05) is 0 Å². The van der Waals surface area contributed by atoms with Crippen molar-refractivity contribution in [3.8, 4) is 22.9 Å². The number of nitrogens with one attached hydrogen (secondary N) is 1. The van der Waals surface area contributed by atoms with Gasteiger partial charge in [0.15, 0.2) is 23.1 Å². The first kappa shape index (κ1) is 20.5. The fourth-order valence-corrected chi connectivity index (χ4v) is 3.28. The van der Waals surface area contributed by atoms with E-state index in [1.54, 1.807) is 18.2 Å². The number of halogens is 2. The molecule has 0 radical (unpaired) electrons. The number of ether oxygens (including phenoxy) is 2. The fourth-order valence-electron chi connectivity index (χ4n) is 3.28. The zero-order valence-electron chi connectivity index (χ0n) is 16.9. The first-order valence-corrected chi connectivity index (χ1v) is 9.83. The lowest BCUT2D eigenvalue weighted by Crippen LogP contribution is -2.38. The molecule has 1 N–H and O–H groups in total. The Kier molecular flexibility index (Phi) is 5.17. The average molecular weight is 455 g/mol. The lowest BCUT2D eigenvalue weighted by atomic mass is 10.1. The molecule has 1 aromatic heterocycles. The van der Waals surface area contributed by atoms with Crippen LogP contribution in [0.15, 0.2) is 46.0 Å². The number of anilines is 1. The van der Waals surface area contributed by atoms with Crippen LogP contribution in [0.5, 0.6) is 11.5 Å². The van der Waals surface area contributed by atoms with Crippen molar-refractivity contribution in [1.82, 2.24) is 15.1 Å². The average Bonchev–Trinajstić information content (AvgIpc) is 3.47. The third-order valence-electron chi connectivity index (χ3n) is 4.91. The highest BCUT2D eigenvalue weighted by molar-refractivity contribution is 6.02. The molecule has 0 saturated carbocycles. The number of nitrogens with zero attached hydrogens (tertiary/aromatic N) is 4. The van der Waals surface area contributed by atoms with Crippen molar-refractivity contribution in [2.45, 2.75) is 12.8 Å². The number of carbonyl (C=O) groups excluding carboxylic acids is 2. The first-order chi connectivity index (χ1) is 16.0. The van der Waals surface area contributed by atoms with Crippen LogP contribution in [-0.4, -0.2) is 46.0 Å². The smallest absolute Gasteiger partial charge is 0.274 e. The number of aromatic nitrogens is 2. The van der Waals surface area contributed by atoms with Crippen LogP contribution in [0.2, 0.25) is 0 Å². The van der Waals surface area contributed by atoms with Crippen molar-refractivity contribution in [2.24, 2.45) is 5.10 Å². The Morgan fingerprint density at radius 1 is 1.06 bits per heavy atom. The molecule has 10 nitrogen and oxygen atoms in total. The quantitative estimate of drug-likeness (QED) is 0.628. The summed E-state index contributed by atoms with van der Waals surface area (Å²) >= 11 is 0. The molecular formula is C21H15F2N5O5. The topological polar surface area (TPSA) is 119 Å². The standard InChI is InChI=1S/C21H15F2N5O5/c22-13-3-2-12(8-14(13)23)24-18(29)9-28-19(30)6-4-15(26-28)21-25-20(27-33-21)11-1-5-16-17(7-11)32-10-31-16/h1-3,5,7-8H,4,6,9-10H2,(H,24,29). The van der Waals surface area contributed by atoms with E-state index in [2.05, 4.69) is 20.6 Å². The molecule has 0 bridgehead atoms. The van der Waals surface area contributed by atoms with Gasteiger partial charge < -0.3 is 19.3 Å². The Morgan fingerprint density at radius 3 is 2.76 bits per heavy atom. The number of carbonyl (C=O) groups is 2. The van der Waals surface area contributed by atoms with Gasteiger partial charge in [0.1, 0.15) is 12.3 Å². The van der Waals surface area contributed by atoms with E-state index in [9.17, 15) is 18.4 Å². The molecule has 2 aromatic carbocycles. The van der Waals surface area contributed by atoms with Crippen molar-refractivity contribution in [2.75, 3.05) is 18.7 Å². The number of hydrazone groups is 1. The summed E-state index contributed by atoms with van der Waals surface area (Å²) in [5, 5.41) is 11.5. The number of benzene rings is 2. The summed E-state index contributed by atoms with van der Waals surface area (Å²) in [6, 6.07) is 8.15. The van der Waals surface area contributed by atoms with Gasteiger partial charge in [0, 0.05) is 30.2 Å². The van der Waals surface area contributed by atoms with E-state index >= 15 is 0 Å². The van der Waals surface area contributed by atoms with Crippen molar-refractivity contribution in [1.29, 1.82) is 0 Å². The highest BCUT2D eigenvalue weighted by atomic mass is 19.2. The van der Waals surface area contributed by atoms with Crippen LogP contribution in [0.4, 0.5) is 14.5 Å². The molecule has 0 aliphatic carbocycles. The van der Waals surface area contributed by atoms with Crippen molar-refractivity contribution in [3.05, 3.63) is 53.9 Å². The predicted octanol–water partition coefficient (Wildman–Crippen LogP) is 2.71. The molecule has 168 valence electrons. The summed E-state index contributed by atoms with van der Waals surface area (Å²) in [4.78, 5) is 28.8. The Morgan fingerprint density at radius 2 is 1.91 bits per heavy atom. The van der Waals surface area contributed by atoms with Gasteiger partial charge in [0.05, 0.1) is 0 Å². The fraction of sp³-hybridized carbons (Fsp3) is 0.190. The molecule has 0 fully saturated rings. The third-order valence-corrected chi connectivity index (χ3v) is 4.91. The van der Waals surface area contributed by atoms with Gasteiger partial charge in [0.25, 0.3) is 5.89 Å². The van der Waals surface area contributed by atoms with Crippen LogP contribution in [-0.2, 0) is 9.59 Å². The lowest BCUT2D eigenvalue weighted by molar-refractivity contribution is -0.135. The first-order valence-electron chi connectivity index (χ1n) is 9.83. The van der Waals surface area contributed by atoms with E-state index in [0.717, 1.165) is 17.1 Å². The summed E-state index contributed by atoms with van der Waals surface area (Å²) in [6.45, 7) is -0.287. The molecule has 33 heavy (non-hydrogen) atoms. The largest absolute Gasteiger partial charge is 0.454 e. The Balaban J connectivity index is 1.30. The summed E-state index contributed by atoms with van der Waals surface area (Å²) in [5.41, 5.74) is 1.04. The number of amides is 2. The molecule has 2 aliphatic heterocycles. The molecular weight excluding hydrogens is 440 g/mol. The van der Waals surface area contributed by atoms with Gasteiger partial charge in [-0.2, -0.15) is 10.1 Å². The summed E-state index contributed by atoms with van der Waals surface area (Å²) < 4.78 is 42.3. The minimum atomic E-state index is -1.10. The third kappa shape index (κ3) is 4.22. The molecule has 2 amide bonds. The molecule has 12 heteroatoms. The van der Waals surface area contributed by atoms with Crippen LogP contribution >= 0.6 is 0 Å². The number of fused-ring (bicyclic) bond motifs is 1. The Labute approximate surface area is 184 Å². The van der Waals surface area contributed by atoms with Gasteiger partial charge in [-0.15, -0.1) is 0 Å². The second-order valence-corrected chi connectivity index (χ2v) is 7.17. The van der Waals surface area contributed by atoms with Crippen LogP contribution in [0.3, 0.4) is 0 Å². The second kappa shape index (κ2) is 8.30. The molecule has 0 saturated heterocycles. The molecule has 0 unspecified atom stereocenters. The molecule has 0 atom stereocenters. The van der Waals surface area contributed by atoms with Crippen molar-refractivity contribution < 1.29 is 32.4 Å². The minimum Gasteiger partial charge on any atom is -0.454 e. The minimum absolute atomic E-state index is 0.0535.